The molecule has 4 nitrogen and oxygen atoms in total. The van der Waals surface area contributed by atoms with Crippen LogP contribution in [0.1, 0.15) is 52.4 Å². The van der Waals surface area contributed by atoms with Crippen LogP contribution >= 0.6 is 8.03 Å². The van der Waals surface area contributed by atoms with Gasteiger partial charge in [0, 0.05) is 11.7 Å². The molecule has 2 unspecified atom stereocenters. The average Bonchev–Trinajstić information content (AvgIpc) is 2.97. The van der Waals surface area contributed by atoms with Crippen LogP contribution in [0.25, 0.3) is 0 Å². The lowest BCUT2D eigenvalue weighted by molar-refractivity contribution is -0.133. The molecule has 5 heteroatoms. The van der Waals surface area contributed by atoms with Crippen LogP contribution in [0.4, 0.5) is 0 Å². The Bertz CT molecular complexity index is 447. The van der Waals surface area contributed by atoms with Crippen LogP contribution in [-0.4, -0.2) is 22.1 Å². The van der Waals surface area contributed by atoms with Crippen LogP contribution < -0.4 is 0 Å². The number of carboxylic acids is 1. The summed E-state index contributed by atoms with van der Waals surface area (Å²) in [6.45, 7) is 4.14. The van der Waals surface area contributed by atoms with E-state index in [0.29, 0.717) is 5.57 Å². The van der Waals surface area contributed by atoms with E-state index >= 15 is 0 Å². The van der Waals surface area contributed by atoms with Crippen molar-refractivity contribution in [1.82, 2.24) is 0 Å². The smallest absolute Gasteiger partial charge is 0.331 e. The largest absolute Gasteiger partial charge is 0.478 e. The molecule has 2 rings (SSSR count). The molecule has 0 amide bonds. The summed E-state index contributed by atoms with van der Waals surface area (Å²) in [6.07, 6.45) is 6.27. The Kier molecular flexibility index (Phi) is 4.76. The Morgan fingerprint density at radius 2 is 1.80 bits per heavy atom. The lowest BCUT2D eigenvalue weighted by Gasteiger charge is -2.26. The van der Waals surface area contributed by atoms with E-state index in [9.17, 15) is 19.4 Å². The van der Waals surface area contributed by atoms with Gasteiger partial charge in [0.15, 0.2) is 8.03 Å². The second-order valence-corrected chi connectivity index (χ2v) is 8.04. The van der Waals surface area contributed by atoms with Gasteiger partial charge in [-0.05, 0) is 42.1 Å². The third-order valence-electron chi connectivity index (χ3n) is 4.88. The second kappa shape index (κ2) is 6.03. The topological polar surface area (TPSA) is 74.6 Å². The molecule has 0 radical (unpaired) electrons. The van der Waals surface area contributed by atoms with Gasteiger partial charge in [-0.2, -0.15) is 0 Å². The van der Waals surface area contributed by atoms with E-state index in [1.807, 2.05) is 0 Å². The van der Waals surface area contributed by atoms with Crippen molar-refractivity contribution in [2.45, 2.75) is 52.4 Å². The normalized spacial score (nSPS) is 28.6. The molecule has 0 aromatic carbocycles. The second-order valence-electron chi connectivity index (χ2n) is 6.89. The van der Waals surface area contributed by atoms with Gasteiger partial charge in [0.2, 0.25) is 0 Å². The Balaban J connectivity index is 2.36. The maximum Gasteiger partial charge on any atom is 0.331 e. The predicted octanol–water partition coefficient (Wildman–Crippen LogP) is 3.46. The molecule has 2 N–H and O–H groups in total. The molecule has 0 aromatic heterocycles. The van der Waals surface area contributed by atoms with Crippen LogP contribution in [0.2, 0.25) is 0 Å². The van der Waals surface area contributed by atoms with Crippen LogP contribution in [0.5, 0.6) is 0 Å². The summed E-state index contributed by atoms with van der Waals surface area (Å²) in [6, 6.07) is 0. The van der Waals surface area contributed by atoms with E-state index in [1.54, 1.807) is 0 Å². The van der Waals surface area contributed by atoms with E-state index in [2.05, 4.69) is 13.8 Å². The first-order chi connectivity index (χ1) is 9.33. The number of carbonyl (C=O) groups is 1. The molecule has 0 spiro atoms. The first-order valence-corrected chi connectivity index (χ1v) is 9.07. The average molecular weight is 300 g/mol. The van der Waals surface area contributed by atoms with Crippen molar-refractivity contribution in [3.8, 4) is 0 Å². The lowest BCUT2D eigenvalue weighted by Crippen LogP contribution is -2.19. The van der Waals surface area contributed by atoms with E-state index in [0.717, 1.165) is 37.7 Å². The first-order valence-electron chi connectivity index (χ1n) is 7.51. The predicted molar refractivity (Wildman–Crippen MR) is 79.2 cm³/mol. The van der Waals surface area contributed by atoms with Gasteiger partial charge in [-0.1, -0.05) is 33.1 Å². The molecular formula is C15H25O4P. The Morgan fingerprint density at radius 3 is 2.20 bits per heavy atom. The number of aliphatic carboxylic acids is 1. The van der Waals surface area contributed by atoms with Gasteiger partial charge in [-0.3, -0.25) is 4.57 Å². The molecule has 0 bridgehead atoms. The van der Waals surface area contributed by atoms with Crippen LogP contribution in [0.3, 0.4) is 0 Å². The summed E-state index contributed by atoms with van der Waals surface area (Å²) in [7, 11) is -2.67. The summed E-state index contributed by atoms with van der Waals surface area (Å²) < 4.78 is 11.3. The third-order valence-corrected chi connectivity index (χ3v) is 5.56. The number of rotatable bonds is 5. The summed E-state index contributed by atoms with van der Waals surface area (Å²) in [4.78, 5) is 21.0. The molecule has 20 heavy (non-hydrogen) atoms. The molecule has 0 heterocycles. The van der Waals surface area contributed by atoms with Crippen molar-refractivity contribution in [1.29, 1.82) is 0 Å². The molecular weight excluding hydrogens is 275 g/mol. The van der Waals surface area contributed by atoms with Gasteiger partial charge in [0.05, 0.1) is 0 Å². The van der Waals surface area contributed by atoms with Crippen LogP contribution in [0, 0.1) is 17.3 Å². The minimum absolute atomic E-state index is 0.0267. The highest BCUT2D eigenvalue weighted by atomic mass is 31.1. The molecule has 2 fully saturated rings. The van der Waals surface area contributed by atoms with E-state index in [1.165, 1.54) is 6.42 Å². The maximum absolute atomic E-state index is 11.7. The molecule has 2 aliphatic rings. The number of hydrogen-bond donors (Lipinski definition) is 2. The van der Waals surface area contributed by atoms with Gasteiger partial charge >= 0.3 is 5.97 Å². The fraction of sp³-hybridized carbons (Fsp3) is 0.800. The summed E-state index contributed by atoms with van der Waals surface area (Å²) in [5.41, 5.74) is 1.26. The summed E-state index contributed by atoms with van der Waals surface area (Å²) in [5.74, 6) is -0.630. The highest BCUT2D eigenvalue weighted by Gasteiger charge is 2.51. The van der Waals surface area contributed by atoms with Gasteiger partial charge in [-0.15, -0.1) is 0 Å². The van der Waals surface area contributed by atoms with Gasteiger partial charge in [-0.25, -0.2) is 4.79 Å². The van der Waals surface area contributed by atoms with Crippen molar-refractivity contribution in [2.75, 3.05) is 6.16 Å². The van der Waals surface area contributed by atoms with Crippen molar-refractivity contribution in [2.24, 2.45) is 17.3 Å². The zero-order valence-corrected chi connectivity index (χ0v) is 13.3. The van der Waals surface area contributed by atoms with Gasteiger partial charge in [0.1, 0.15) is 0 Å². The highest BCUT2D eigenvalue weighted by molar-refractivity contribution is 7.38. The summed E-state index contributed by atoms with van der Waals surface area (Å²) in [5, 5.41) is 9.60. The molecule has 0 saturated heterocycles. The van der Waals surface area contributed by atoms with Crippen LogP contribution in [-0.2, 0) is 9.36 Å². The van der Waals surface area contributed by atoms with Gasteiger partial charge in [0.25, 0.3) is 0 Å². The number of allylic oxidation sites excluding steroid dienone is 1. The first kappa shape index (κ1) is 15.8. The Labute approximate surface area is 121 Å². The van der Waals surface area contributed by atoms with Crippen molar-refractivity contribution >= 4 is 14.0 Å². The molecule has 0 aliphatic heterocycles. The molecule has 2 atom stereocenters. The zero-order valence-electron chi connectivity index (χ0n) is 12.3. The van der Waals surface area contributed by atoms with Crippen molar-refractivity contribution in [3.05, 3.63) is 11.1 Å². The molecule has 0 aromatic rings. The third kappa shape index (κ3) is 3.53. The highest BCUT2D eigenvalue weighted by Crippen LogP contribution is 2.57. The minimum Gasteiger partial charge on any atom is -0.478 e. The van der Waals surface area contributed by atoms with Crippen molar-refractivity contribution in [3.63, 3.8) is 0 Å². The van der Waals surface area contributed by atoms with Crippen LogP contribution in [0.15, 0.2) is 11.1 Å². The standard InChI is InChI=1S/C15H25O4P/c1-15(2)8-12(15)13(14(16)17)11(9-20(18)19)10-6-4-3-5-7-10/h10,12,20H,3-9H2,1-2H3,(H,16,17)(H,18,19)/b13-11+. The van der Waals surface area contributed by atoms with Gasteiger partial charge < -0.3 is 10.00 Å². The number of carboxylic acid groups (broad SMARTS) is 1. The zero-order chi connectivity index (χ0) is 14.9. The molecule has 2 saturated carbocycles. The fourth-order valence-corrected chi connectivity index (χ4v) is 4.35. The quantitative estimate of drug-likeness (QED) is 0.602. The van der Waals surface area contributed by atoms with E-state index in [4.69, 9.17) is 0 Å². The minimum atomic E-state index is -2.67. The molecule has 2 aliphatic carbocycles. The fourth-order valence-electron chi connectivity index (χ4n) is 3.54. The lowest BCUT2D eigenvalue weighted by atomic mass is 9.81. The molecule has 114 valence electrons. The monoisotopic (exact) mass is 300 g/mol. The Morgan fingerprint density at radius 1 is 1.25 bits per heavy atom. The number of hydrogen-bond acceptors (Lipinski definition) is 2. The van der Waals surface area contributed by atoms with E-state index < -0.39 is 14.0 Å². The summed E-state index contributed by atoms with van der Waals surface area (Å²) >= 11 is 0. The maximum atomic E-state index is 11.7. The van der Waals surface area contributed by atoms with Crippen molar-refractivity contribution < 1.29 is 19.4 Å². The van der Waals surface area contributed by atoms with E-state index in [-0.39, 0.29) is 23.4 Å². The SMILES string of the molecule is CC1(C)CC1/C(C(=O)O)=C(/C[PH](=O)O)C1CCCCC1. The Hall–Kier alpha value is -0.600.